The van der Waals surface area contributed by atoms with Crippen LogP contribution in [0, 0.1) is 0 Å². The van der Waals surface area contributed by atoms with Crippen molar-refractivity contribution in [1.29, 1.82) is 0 Å². The maximum atomic E-state index is 11.3. The number of benzene rings is 3. The molecule has 0 aromatic heterocycles. The molecule has 0 heterocycles. The minimum atomic E-state index is 0.223. The molecule has 0 aliphatic heterocycles. The number of fused-ring (bicyclic) bond motifs is 1. The topological polar surface area (TPSA) is 17.1 Å². The van der Waals surface area contributed by atoms with Crippen LogP contribution in [-0.4, -0.2) is 21.2 Å². The molecule has 0 bridgehead atoms. The van der Waals surface area contributed by atoms with Gasteiger partial charge in [-0.05, 0) is 0 Å². The minimum absolute atomic E-state index is 0.223. The number of rotatable bonds is 3. The average molecular weight is 390 g/mol. The number of hydrogen-bond donors (Lipinski definition) is 0. The molecule has 0 fully saturated rings. The normalized spacial score (nSPS) is 10.7. The van der Waals surface area contributed by atoms with E-state index in [4.69, 9.17) is 0 Å². The van der Waals surface area contributed by atoms with Crippen molar-refractivity contribution in [2.75, 3.05) is 0 Å². The molecular weight excluding hydrogens is 379 g/mol. The summed E-state index contributed by atoms with van der Waals surface area (Å²) in [6.07, 6.45) is 0.944. The number of halogens is 1. The van der Waals surface area contributed by atoms with Crippen molar-refractivity contribution >= 4 is 56.9 Å². The quantitative estimate of drug-likeness (QED) is 0.497. The van der Waals surface area contributed by atoms with Crippen molar-refractivity contribution in [2.24, 2.45) is 0 Å². The van der Waals surface area contributed by atoms with Crippen LogP contribution >= 0.6 is 15.9 Å². The molecular formula is C17H11BrOSe. The first kappa shape index (κ1) is 13.6. The van der Waals surface area contributed by atoms with E-state index in [1.54, 1.807) is 0 Å². The molecule has 20 heavy (non-hydrogen) atoms. The molecule has 3 heteroatoms. The van der Waals surface area contributed by atoms with Gasteiger partial charge in [0.1, 0.15) is 0 Å². The Labute approximate surface area is 132 Å². The van der Waals surface area contributed by atoms with Crippen molar-refractivity contribution in [3.63, 3.8) is 0 Å². The van der Waals surface area contributed by atoms with E-state index in [1.807, 2.05) is 24.3 Å². The van der Waals surface area contributed by atoms with Crippen molar-refractivity contribution in [3.8, 4) is 0 Å². The van der Waals surface area contributed by atoms with Gasteiger partial charge in [-0.3, -0.25) is 0 Å². The second kappa shape index (κ2) is 5.92. The molecule has 3 aromatic carbocycles. The van der Waals surface area contributed by atoms with Gasteiger partial charge in [-0.1, -0.05) is 0 Å². The van der Waals surface area contributed by atoms with Crippen LogP contribution in [0.3, 0.4) is 0 Å². The van der Waals surface area contributed by atoms with Crippen LogP contribution in [0.15, 0.2) is 65.1 Å². The summed E-state index contributed by atoms with van der Waals surface area (Å²) in [5, 5.41) is 2.12. The summed E-state index contributed by atoms with van der Waals surface area (Å²) < 4.78 is 3.53. The monoisotopic (exact) mass is 390 g/mol. The molecule has 0 unspecified atom stereocenters. The van der Waals surface area contributed by atoms with Crippen molar-refractivity contribution in [2.45, 2.75) is 0 Å². The molecule has 0 radical (unpaired) electrons. The molecule has 0 atom stereocenters. The maximum absolute atomic E-state index is 11.3. The Hall–Kier alpha value is -1.41. The van der Waals surface area contributed by atoms with E-state index < -0.39 is 0 Å². The number of hydrogen-bond acceptors (Lipinski definition) is 1. The number of carbonyl (C=O) groups excluding carboxylic acids is 1. The van der Waals surface area contributed by atoms with Crippen molar-refractivity contribution in [1.82, 2.24) is 0 Å². The Morgan fingerprint density at radius 2 is 1.70 bits per heavy atom. The first-order valence-corrected chi connectivity index (χ1v) is 8.68. The Bertz CT molecular complexity index is 769. The van der Waals surface area contributed by atoms with Crippen LogP contribution in [0.5, 0.6) is 0 Å². The summed E-state index contributed by atoms with van der Waals surface area (Å²) in [4.78, 5) is 11.3. The van der Waals surface area contributed by atoms with E-state index >= 15 is 0 Å². The molecule has 0 aliphatic rings. The molecule has 0 saturated heterocycles. The Morgan fingerprint density at radius 1 is 0.900 bits per heavy atom. The zero-order valence-corrected chi connectivity index (χ0v) is 13.8. The van der Waals surface area contributed by atoms with Crippen LogP contribution in [-0.2, 0) is 0 Å². The molecule has 3 rings (SSSR count). The van der Waals surface area contributed by atoms with E-state index in [1.165, 1.54) is 8.92 Å². The van der Waals surface area contributed by atoms with Gasteiger partial charge in [0.25, 0.3) is 0 Å². The summed E-state index contributed by atoms with van der Waals surface area (Å²) in [6, 6.07) is 20.6. The summed E-state index contributed by atoms with van der Waals surface area (Å²) in [6.45, 7) is 0. The first-order valence-electron chi connectivity index (χ1n) is 6.18. The van der Waals surface area contributed by atoms with Crippen LogP contribution in [0.1, 0.15) is 10.4 Å². The van der Waals surface area contributed by atoms with Crippen molar-refractivity contribution in [3.05, 3.63) is 70.7 Å². The zero-order valence-electron chi connectivity index (χ0n) is 10.5. The number of carbonyl (C=O) groups is 1. The zero-order chi connectivity index (χ0) is 13.9. The summed E-state index contributed by atoms with van der Waals surface area (Å²) in [5.74, 6) is 0. The SMILES string of the molecule is O=Cc1cc([Se]c2ccccc2)cc2ccc(Br)cc12. The summed E-state index contributed by atoms with van der Waals surface area (Å²) >= 11 is 3.68. The van der Waals surface area contributed by atoms with Crippen LogP contribution in [0.25, 0.3) is 10.8 Å². The van der Waals surface area contributed by atoms with Crippen LogP contribution < -0.4 is 8.92 Å². The molecule has 98 valence electrons. The molecule has 0 N–H and O–H groups in total. The fraction of sp³-hybridized carbons (Fsp3) is 0. The average Bonchev–Trinajstić information content (AvgIpc) is 2.48. The van der Waals surface area contributed by atoms with Gasteiger partial charge >= 0.3 is 132 Å². The second-order valence-corrected chi connectivity index (χ2v) is 7.73. The Balaban J connectivity index is 2.09. The van der Waals surface area contributed by atoms with Gasteiger partial charge in [0, 0.05) is 0 Å². The molecule has 0 amide bonds. The van der Waals surface area contributed by atoms with Gasteiger partial charge in [-0.15, -0.1) is 0 Å². The second-order valence-electron chi connectivity index (χ2n) is 4.41. The fourth-order valence-electron chi connectivity index (χ4n) is 2.11. The molecule has 0 spiro atoms. The molecule has 1 nitrogen and oxygen atoms in total. The van der Waals surface area contributed by atoms with Gasteiger partial charge in [0.2, 0.25) is 0 Å². The molecule has 0 aliphatic carbocycles. The van der Waals surface area contributed by atoms with Crippen molar-refractivity contribution < 1.29 is 4.79 Å². The number of aldehydes is 1. The van der Waals surface area contributed by atoms with Gasteiger partial charge in [0.15, 0.2) is 0 Å². The van der Waals surface area contributed by atoms with Gasteiger partial charge < -0.3 is 0 Å². The van der Waals surface area contributed by atoms with Crippen LogP contribution in [0.4, 0.5) is 0 Å². The summed E-state index contributed by atoms with van der Waals surface area (Å²) in [7, 11) is 0. The van der Waals surface area contributed by atoms with E-state index in [-0.39, 0.29) is 15.0 Å². The first-order chi connectivity index (χ1) is 9.76. The summed E-state index contributed by atoms with van der Waals surface area (Å²) in [5.41, 5.74) is 0.761. The van der Waals surface area contributed by atoms with E-state index in [2.05, 4.69) is 52.3 Å². The Morgan fingerprint density at radius 3 is 2.45 bits per heavy atom. The van der Waals surface area contributed by atoms with E-state index in [0.717, 1.165) is 27.1 Å². The standard InChI is InChI=1S/C17H11BrOSe/c18-14-7-6-12-8-16(9-13(11-19)17(12)10-14)20-15-4-2-1-3-5-15/h1-11H. The third-order valence-corrected chi connectivity index (χ3v) is 5.58. The van der Waals surface area contributed by atoms with E-state index in [9.17, 15) is 4.79 Å². The predicted molar refractivity (Wildman–Crippen MR) is 88.5 cm³/mol. The van der Waals surface area contributed by atoms with Crippen LogP contribution in [0.2, 0.25) is 0 Å². The van der Waals surface area contributed by atoms with Gasteiger partial charge in [-0.25, -0.2) is 0 Å². The third-order valence-electron chi connectivity index (χ3n) is 3.03. The van der Waals surface area contributed by atoms with Gasteiger partial charge in [0.05, 0.1) is 0 Å². The Kier molecular flexibility index (Phi) is 4.02. The fourth-order valence-corrected chi connectivity index (χ4v) is 4.44. The molecule has 3 aromatic rings. The van der Waals surface area contributed by atoms with E-state index in [0.29, 0.717) is 0 Å². The van der Waals surface area contributed by atoms with Gasteiger partial charge in [-0.2, -0.15) is 0 Å². The third kappa shape index (κ3) is 2.85. The predicted octanol–water partition coefficient (Wildman–Crippen LogP) is 3.07. The molecule has 0 saturated carbocycles.